The third-order valence-electron chi connectivity index (χ3n) is 5.82. The molecule has 1 aliphatic carbocycles. The molecule has 5 rings (SSSR count). The van der Waals surface area contributed by atoms with Gasteiger partial charge in [-0.05, 0) is 43.5 Å². The van der Waals surface area contributed by atoms with Crippen LogP contribution >= 0.6 is 11.6 Å². The van der Waals surface area contributed by atoms with Crippen LogP contribution in [0.1, 0.15) is 28.2 Å². The van der Waals surface area contributed by atoms with Crippen LogP contribution in [-0.2, 0) is 12.8 Å². The molecule has 2 aromatic heterocycles. The second kappa shape index (κ2) is 7.72. The molecular formula is C22H21ClFN5O. The van der Waals surface area contributed by atoms with E-state index in [0.29, 0.717) is 42.6 Å². The van der Waals surface area contributed by atoms with E-state index in [2.05, 4.69) is 15.0 Å². The maximum absolute atomic E-state index is 14.4. The molecule has 3 aromatic rings. The fourth-order valence-corrected chi connectivity index (χ4v) is 4.39. The number of rotatable bonds is 3. The molecule has 1 aromatic carbocycles. The normalized spacial score (nSPS) is 16.1. The third-order valence-corrected chi connectivity index (χ3v) is 6.04. The molecule has 0 unspecified atom stereocenters. The van der Waals surface area contributed by atoms with Crippen LogP contribution in [0.25, 0.3) is 5.69 Å². The van der Waals surface area contributed by atoms with Crippen molar-refractivity contribution in [2.45, 2.75) is 19.3 Å². The smallest absolute Gasteiger partial charge is 0.274 e. The van der Waals surface area contributed by atoms with Gasteiger partial charge in [0.2, 0.25) is 0 Å². The number of aromatic nitrogens is 3. The van der Waals surface area contributed by atoms with Gasteiger partial charge in [-0.3, -0.25) is 4.79 Å². The largest absolute Gasteiger partial charge is 0.353 e. The van der Waals surface area contributed by atoms with Gasteiger partial charge in [0.1, 0.15) is 17.3 Å². The Morgan fingerprint density at radius 1 is 1.03 bits per heavy atom. The molecule has 30 heavy (non-hydrogen) atoms. The molecule has 154 valence electrons. The molecule has 0 spiro atoms. The van der Waals surface area contributed by atoms with E-state index in [1.165, 1.54) is 6.07 Å². The van der Waals surface area contributed by atoms with Crippen molar-refractivity contribution in [3.8, 4) is 5.69 Å². The Morgan fingerprint density at radius 3 is 2.57 bits per heavy atom. The average Bonchev–Trinajstić information content (AvgIpc) is 3.38. The Kier molecular flexibility index (Phi) is 4.90. The third kappa shape index (κ3) is 3.33. The number of anilines is 1. The van der Waals surface area contributed by atoms with Gasteiger partial charge in [0.15, 0.2) is 5.69 Å². The molecule has 0 saturated carbocycles. The van der Waals surface area contributed by atoms with E-state index >= 15 is 0 Å². The fraction of sp³-hybridized carbons (Fsp3) is 0.318. The second-order valence-corrected chi connectivity index (χ2v) is 8.04. The van der Waals surface area contributed by atoms with E-state index in [-0.39, 0.29) is 11.7 Å². The molecule has 0 radical (unpaired) electrons. The SMILES string of the molecule is O=C(c1nn(-c2ccccc2F)c2c1CCC2)N1CCN(c2ccc(Cl)cn2)CC1. The minimum absolute atomic E-state index is 0.0769. The molecule has 3 heterocycles. The predicted octanol–water partition coefficient (Wildman–Crippen LogP) is 3.51. The Labute approximate surface area is 178 Å². The molecule has 1 amide bonds. The van der Waals surface area contributed by atoms with Crippen LogP contribution in [0.3, 0.4) is 0 Å². The summed E-state index contributed by atoms with van der Waals surface area (Å²) in [5.74, 6) is 0.445. The van der Waals surface area contributed by atoms with Crippen LogP contribution in [0, 0.1) is 5.82 Å². The summed E-state index contributed by atoms with van der Waals surface area (Å²) in [6, 6.07) is 10.3. The number of para-hydroxylation sites is 1. The first kappa shape index (κ1) is 19.1. The molecule has 2 aliphatic rings. The molecule has 0 bridgehead atoms. The zero-order valence-corrected chi connectivity index (χ0v) is 17.1. The van der Waals surface area contributed by atoms with E-state index < -0.39 is 0 Å². The summed E-state index contributed by atoms with van der Waals surface area (Å²) in [6.45, 7) is 2.56. The highest BCUT2D eigenvalue weighted by atomic mass is 35.5. The lowest BCUT2D eigenvalue weighted by Crippen LogP contribution is -2.49. The molecule has 0 N–H and O–H groups in total. The van der Waals surface area contributed by atoms with E-state index in [1.807, 2.05) is 17.0 Å². The van der Waals surface area contributed by atoms with Crippen LogP contribution < -0.4 is 4.90 Å². The molecule has 1 saturated heterocycles. The molecule has 6 nitrogen and oxygen atoms in total. The summed E-state index contributed by atoms with van der Waals surface area (Å²) >= 11 is 5.92. The number of benzene rings is 1. The summed E-state index contributed by atoms with van der Waals surface area (Å²) in [5, 5.41) is 5.17. The molecule has 1 aliphatic heterocycles. The van der Waals surface area contributed by atoms with Crippen LogP contribution in [-0.4, -0.2) is 51.8 Å². The zero-order valence-electron chi connectivity index (χ0n) is 16.4. The maximum atomic E-state index is 14.4. The number of fused-ring (bicyclic) bond motifs is 1. The summed E-state index contributed by atoms with van der Waals surface area (Å²) < 4.78 is 16.0. The van der Waals surface area contributed by atoms with Gasteiger partial charge in [-0.2, -0.15) is 5.10 Å². The van der Waals surface area contributed by atoms with Crippen LogP contribution in [0.15, 0.2) is 42.6 Å². The average molecular weight is 426 g/mol. The predicted molar refractivity (Wildman–Crippen MR) is 113 cm³/mol. The number of piperazine rings is 1. The van der Waals surface area contributed by atoms with E-state index in [9.17, 15) is 9.18 Å². The highest BCUT2D eigenvalue weighted by Crippen LogP contribution is 2.29. The summed E-state index contributed by atoms with van der Waals surface area (Å²) in [6.07, 6.45) is 4.20. The van der Waals surface area contributed by atoms with E-state index in [1.54, 1.807) is 29.1 Å². The van der Waals surface area contributed by atoms with Crippen LogP contribution in [0.5, 0.6) is 0 Å². The van der Waals surface area contributed by atoms with Crippen molar-refractivity contribution in [1.29, 1.82) is 0 Å². The highest BCUT2D eigenvalue weighted by Gasteiger charge is 2.31. The Bertz CT molecular complexity index is 1090. The van der Waals surface area contributed by atoms with Gasteiger partial charge in [0.05, 0.1) is 5.02 Å². The van der Waals surface area contributed by atoms with Crippen LogP contribution in [0.2, 0.25) is 5.02 Å². The summed E-state index contributed by atoms with van der Waals surface area (Å²) in [7, 11) is 0. The number of carbonyl (C=O) groups excluding carboxylic acids is 1. The van der Waals surface area contributed by atoms with Crippen LogP contribution in [0.4, 0.5) is 10.2 Å². The monoisotopic (exact) mass is 425 g/mol. The number of nitrogens with zero attached hydrogens (tertiary/aromatic N) is 5. The van der Waals surface area contributed by atoms with Gasteiger partial charge in [0, 0.05) is 43.6 Å². The minimum Gasteiger partial charge on any atom is -0.353 e. The standard InChI is InChI=1S/C22H21ClFN5O/c23-15-8-9-20(25-14-15)27-10-12-28(13-11-27)22(30)21-16-4-3-7-18(16)29(26-21)19-6-2-1-5-17(19)24/h1-2,5-6,8-9,14H,3-4,7,10-13H2. The number of amides is 1. The number of halogens is 2. The molecular weight excluding hydrogens is 405 g/mol. The highest BCUT2D eigenvalue weighted by molar-refractivity contribution is 6.30. The molecule has 0 atom stereocenters. The van der Waals surface area contributed by atoms with Crippen molar-refractivity contribution in [2.75, 3.05) is 31.1 Å². The van der Waals surface area contributed by atoms with Gasteiger partial charge >= 0.3 is 0 Å². The Balaban J connectivity index is 1.37. The molecule has 1 fully saturated rings. The number of pyridine rings is 1. The van der Waals surface area contributed by atoms with Gasteiger partial charge in [0.25, 0.3) is 5.91 Å². The van der Waals surface area contributed by atoms with Crippen molar-refractivity contribution in [3.05, 3.63) is 70.4 Å². The summed E-state index contributed by atoms with van der Waals surface area (Å²) in [4.78, 5) is 21.6. The first-order chi connectivity index (χ1) is 14.6. The lowest BCUT2D eigenvalue weighted by molar-refractivity contribution is 0.0739. The van der Waals surface area contributed by atoms with E-state index in [0.717, 1.165) is 36.3 Å². The van der Waals surface area contributed by atoms with Crippen molar-refractivity contribution < 1.29 is 9.18 Å². The van der Waals surface area contributed by atoms with E-state index in [4.69, 9.17) is 11.6 Å². The maximum Gasteiger partial charge on any atom is 0.274 e. The van der Waals surface area contributed by atoms with Crippen molar-refractivity contribution in [1.82, 2.24) is 19.7 Å². The summed E-state index contributed by atoms with van der Waals surface area (Å²) in [5.41, 5.74) is 2.77. The van der Waals surface area contributed by atoms with Gasteiger partial charge in [-0.15, -0.1) is 0 Å². The number of carbonyl (C=O) groups is 1. The number of hydrogen-bond acceptors (Lipinski definition) is 4. The number of hydrogen-bond donors (Lipinski definition) is 0. The Hall–Kier alpha value is -2.93. The lowest BCUT2D eigenvalue weighted by Gasteiger charge is -2.35. The van der Waals surface area contributed by atoms with Gasteiger partial charge in [-0.25, -0.2) is 14.1 Å². The quantitative estimate of drug-likeness (QED) is 0.644. The van der Waals surface area contributed by atoms with Crippen molar-refractivity contribution in [3.63, 3.8) is 0 Å². The first-order valence-electron chi connectivity index (χ1n) is 10.1. The Morgan fingerprint density at radius 2 is 1.83 bits per heavy atom. The first-order valence-corrected chi connectivity index (χ1v) is 10.5. The van der Waals surface area contributed by atoms with Gasteiger partial charge in [-0.1, -0.05) is 23.7 Å². The fourth-order valence-electron chi connectivity index (χ4n) is 4.28. The van der Waals surface area contributed by atoms with Crippen molar-refractivity contribution >= 4 is 23.3 Å². The van der Waals surface area contributed by atoms with Crippen molar-refractivity contribution in [2.24, 2.45) is 0 Å². The topological polar surface area (TPSA) is 54.3 Å². The second-order valence-electron chi connectivity index (χ2n) is 7.60. The lowest BCUT2D eigenvalue weighted by atomic mass is 10.1. The minimum atomic E-state index is -0.335. The van der Waals surface area contributed by atoms with Gasteiger partial charge < -0.3 is 9.80 Å². The zero-order chi connectivity index (χ0) is 20.7. The molecule has 8 heteroatoms.